The SMILES string of the molecule is C[C@@H](NCc1ccc(OCC#N)cc1)c1ccccc1Cl. The van der Waals surface area contributed by atoms with Gasteiger partial charge in [0.05, 0.1) is 0 Å². The van der Waals surface area contributed by atoms with Crippen LogP contribution in [0.1, 0.15) is 24.1 Å². The minimum Gasteiger partial charge on any atom is -0.479 e. The van der Waals surface area contributed by atoms with Crippen LogP contribution in [0.5, 0.6) is 5.75 Å². The first-order valence-electron chi connectivity index (χ1n) is 6.77. The monoisotopic (exact) mass is 300 g/mol. The summed E-state index contributed by atoms with van der Waals surface area (Å²) in [4.78, 5) is 0. The lowest BCUT2D eigenvalue weighted by molar-refractivity contribution is 0.368. The summed E-state index contributed by atoms with van der Waals surface area (Å²) in [6, 6.07) is 17.7. The molecule has 0 bridgehead atoms. The lowest BCUT2D eigenvalue weighted by atomic mass is 10.1. The molecule has 0 aliphatic rings. The molecule has 0 saturated carbocycles. The summed E-state index contributed by atoms with van der Waals surface area (Å²) in [5.41, 5.74) is 2.24. The molecule has 108 valence electrons. The quantitative estimate of drug-likeness (QED) is 0.874. The Hall–Kier alpha value is -2.02. The third kappa shape index (κ3) is 4.49. The van der Waals surface area contributed by atoms with Gasteiger partial charge in [-0.05, 0) is 36.2 Å². The molecule has 0 aromatic heterocycles. The molecule has 0 aliphatic carbocycles. The maximum atomic E-state index is 8.46. The largest absolute Gasteiger partial charge is 0.479 e. The number of halogens is 1. The number of nitriles is 1. The summed E-state index contributed by atoms with van der Waals surface area (Å²) < 4.78 is 5.22. The van der Waals surface area contributed by atoms with E-state index in [1.807, 2.05) is 54.6 Å². The Kier molecular flexibility index (Phi) is 5.62. The number of rotatable bonds is 6. The first-order chi connectivity index (χ1) is 10.2. The summed E-state index contributed by atoms with van der Waals surface area (Å²) in [6.07, 6.45) is 0. The predicted octanol–water partition coefficient (Wildman–Crippen LogP) is 4.09. The molecular weight excluding hydrogens is 284 g/mol. The third-order valence-electron chi connectivity index (χ3n) is 3.21. The van der Waals surface area contributed by atoms with Crippen molar-refractivity contribution in [3.8, 4) is 11.8 Å². The molecule has 0 fully saturated rings. The summed E-state index contributed by atoms with van der Waals surface area (Å²) in [5.74, 6) is 0.708. The van der Waals surface area contributed by atoms with Gasteiger partial charge in [-0.1, -0.05) is 41.9 Å². The van der Waals surface area contributed by atoms with Gasteiger partial charge in [-0.25, -0.2) is 0 Å². The Morgan fingerprint density at radius 1 is 1.19 bits per heavy atom. The van der Waals surface area contributed by atoms with E-state index >= 15 is 0 Å². The van der Waals surface area contributed by atoms with Crippen LogP contribution >= 0.6 is 11.6 Å². The van der Waals surface area contributed by atoms with E-state index in [0.717, 1.165) is 22.7 Å². The zero-order valence-corrected chi connectivity index (χ0v) is 12.6. The minimum atomic E-state index is 0.0706. The average molecular weight is 301 g/mol. The first-order valence-corrected chi connectivity index (χ1v) is 7.15. The molecule has 2 aromatic rings. The van der Waals surface area contributed by atoms with E-state index in [1.165, 1.54) is 0 Å². The van der Waals surface area contributed by atoms with Crippen molar-refractivity contribution in [1.29, 1.82) is 5.26 Å². The van der Waals surface area contributed by atoms with E-state index in [4.69, 9.17) is 21.6 Å². The lowest BCUT2D eigenvalue weighted by Crippen LogP contribution is -2.18. The van der Waals surface area contributed by atoms with Gasteiger partial charge >= 0.3 is 0 Å². The Labute approximate surface area is 130 Å². The molecule has 3 nitrogen and oxygen atoms in total. The smallest absolute Gasteiger partial charge is 0.174 e. The molecule has 0 heterocycles. The van der Waals surface area contributed by atoms with Gasteiger partial charge in [0.2, 0.25) is 0 Å². The first kappa shape index (κ1) is 15.4. The molecule has 2 aromatic carbocycles. The van der Waals surface area contributed by atoms with E-state index in [-0.39, 0.29) is 12.6 Å². The van der Waals surface area contributed by atoms with Crippen LogP contribution in [-0.2, 0) is 6.54 Å². The highest BCUT2D eigenvalue weighted by Gasteiger charge is 2.08. The zero-order chi connectivity index (χ0) is 15.1. The lowest BCUT2D eigenvalue weighted by Gasteiger charge is -2.15. The topological polar surface area (TPSA) is 45.0 Å². The van der Waals surface area contributed by atoms with E-state index < -0.39 is 0 Å². The third-order valence-corrected chi connectivity index (χ3v) is 3.56. The van der Waals surface area contributed by atoms with Crippen LogP contribution in [0.2, 0.25) is 5.02 Å². The fourth-order valence-corrected chi connectivity index (χ4v) is 2.33. The van der Waals surface area contributed by atoms with Crippen LogP contribution in [0, 0.1) is 11.3 Å². The summed E-state index contributed by atoms with van der Waals surface area (Å²) in [6.45, 7) is 2.90. The highest BCUT2D eigenvalue weighted by atomic mass is 35.5. The van der Waals surface area contributed by atoms with E-state index in [0.29, 0.717) is 5.75 Å². The average Bonchev–Trinajstić information content (AvgIpc) is 2.52. The molecule has 0 amide bonds. The van der Waals surface area contributed by atoms with Crippen molar-refractivity contribution in [2.45, 2.75) is 19.5 Å². The number of nitrogens with zero attached hydrogens (tertiary/aromatic N) is 1. The van der Waals surface area contributed by atoms with Crippen LogP contribution in [0.3, 0.4) is 0 Å². The van der Waals surface area contributed by atoms with Gasteiger partial charge in [0, 0.05) is 17.6 Å². The Balaban J connectivity index is 1.91. The second-order valence-corrected chi connectivity index (χ2v) is 5.12. The molecule has 0 unspecified atom stereocenters. The van der Waals surface area contributed by atoms with Gasteiger partial charge in [-0.3, -0.25) is 0 Å². The molecule has 4 heteroatoms. The normalized spacial score (nSPS) is 11.7. The van der Waals surface area contributed by atoms with Crippen molar-refractivity contribution < 1.29 is 4.74 Å². The van der Waals surface area contributed by atoms with Gasteiger partial charge < -0.3 is 10.1 Å². The summed E-state index contributed by atoms with van der Waals surface area (Å²) in [7, 11) is 0. The molecule has 0 spiro atoms. The second kappa shape index (κ2) is 7.68. The predicted molar refractivity (Wildman–Crippen MR) is 84.3 cm³/mol. The molecule has 21 heavy (non-hydrogen) atoms. The maximum absolute atomic E-state index is 8.46. The highest BCUT2D eigenvalue weighted by Crippen LogP contribution is 2.22. The fourth-order valence-electron chi connectivity index (χ4n) is 2.03. The Morgan fingerprint density at radius 2 is 1.90 bits per heavy atom. The molecule has 1 atom stereocenters. The van der Waals surface area contributed by atoms with E-state index in [9.17, 15) is 0 Å². The van der Waals surface area contributed by atoms with Gasteiger partial charge in [-0.2, -0.15) is 5.26 Å². The van der Waals surface area contributed by atoms with Crippen LogP contribution in [0.25, 0.3) is 0 Å². The van der Waals surface area contributed by atoms with Crippen molar-refractivity contribution in [2.24, 2.45) is 0 Å². The maximum Gasteiger partial charge on any atom is 0.174 e. The van der Waals surface area contributed by atoms with Crippen molar-refractivity contribution in [1.82, 2.24) is 5.32 Å². The fraction of sp³-hybridized carbons (Fsp3) is 0.235. The number of nitrogens with one attached hydrogen (secondary N) is 1. The van der Waals surface area contributed by atoms with E-state index in [2.05, 4.69) is 12.2 Å². The summed E-state index contributed by atoms with van der Waals surface area (Å²) in [5, 5.41) is 12.7. The Morgan fingerprint density at radius 3 is 2.57 bits per heavy atom. The van der Waals surface area contributed by atoms with Crippen molar-refractivity contribution >= 4 is 11.6 Å². The number of hydrogen-bond donors (Lipinski definition) is 1. The summed E-state index contributed by atoms with van der Waals surface area (Å²) >= 11 is 6.19. The molecule has 0 aliphatic heterocycles. The molecule has 0 saturated heterocycles. The van der Waals surface area contributed by atoms with Crippen LogP contribution in [0.4, 0.5) is 0 Å². The number of hydrogen-bond acceptors (Lipinski definition) is 3. The standard InChI is InChI=1S/C17H17ClN2O/c1-13(16-4-2-3-5-17(16)18)20-12-14-6-8-15(9-7-14)21-11-10-19/h2-9,13,20H,11-12H2,1H3/t13-/m1/s1. The van der Waals surface area contributed by atoms with Crippen LogP contribution in [-0.4, -0.2) is 6.61 Å². The second-order valence-electron chi connectivity index (χ2n) is 4.71. The van der Waals surface area contributed by atoms with Crippen molar-refractivity contribution in [2.75, 3.05) is 6.61 Å². The van der Waals surface area contributed by atoms with Crippen molar-refractivity contribution in [3.63, 3.8) is 0 Å². The number of ether oxygens (including phenoxy) is 1. The molecule has 2 rings (SSSR count). The minimum absolute atomic E-state index is 0.0706. The molecular formula is C17H17ClN2O. The van der Waals surface area contributed by atoms with Gasteiger partial charge in [0.25, 0.3) is 0 Å². The zero-order valence-electron chi connectivity index (χ0n) is 11.8. The highest BCUT2D eigenvalue weighted by molar-refractivity contribution is 6.31. The van der Waals surface area contributed by atoms with Gasteiger partial charge in [-0.15, -0.1) is 0 Å². The van der Waals surface area contributed by atoms with Crippen molar-refractivity contribution in [3.05, 3.63) is 64.7 Å². The number of benzene rings is 2. The van der Waals surface area contributed by atoms with E-state index in [1.54, 1.807) is 0 Å². The van der Waals surface area contributed by atoms with Crippen LogP contribution in [0.15, 0.2) is 48.5 Å². The van der Waals surface area contributed by atoms with Gasteiger partial charge in [0.1, 0.15) is 11.8 Å². The molecule has 0 radical (unpaired) electrons. The van der Waals surface area contributed by atoms with Gasteiger partial charge in [0.15, 0.2) is 6.61 Å². The molecule has 1 N–H and O–H groups in total. The Bertz CT molecular complexity index is 619. The van der Waals surface area contributed by atoms with Crippen LogP contribution < -0.4 is 10.1 Å².